The van der Waals surface area contributed by atoms with Crippen LogP contribution in [0.3, 0.4) is 0 Å². The Morgan fingerprint density at radius 3 is 2.48 bits per heavy atom. The second-order valence-corrected chi connectivity index (χ2v) is 9.19. The number of hydrogen-bond acceptors (Lipinski definition) is 7. The van der Waals surface area contributed by atoms with E-state index in [1.54, 1.807) is 0 Å². The predicted molar refractivity (Wildman–Crippen MR) is 114 cm³/mol. The molecular formula is C21H25N3O6S. The van der Waals surface area contributed by atoms with Crippen molar-refractivity contribution in [1.82, 2.24) is 10.2 Å². The van der Waals surface area contributed by atoms with Gasteiger partial charge in [0.25, 0.3) is 5.91 Å². The van der Waals surface area contributed by atoms with Crippen LogP contribution in [-0.4, -0.2) is 57.5 Å². The summed E-state index contributed by atoms with van der Waals surface area (Å²) in [5, 5.41) is 11.8. The maximum atomic E-state index is 12.6. The molecular weight excluding hydrogens is 422 g/mol. The van der Waals surface area contributed by atoms with Crippen LogP contribution in [0.2, 0.25) is 0 Å². The molecule has 0 unspecified atom stereocenters. The van der Waals surface area contributed by atoms with Crippen molar-refractivity contribution in [2.75, 3.05) is 12.4 Å². The molecule has 10 heteroatoms. The van der Waals surface area contributed by atoms with Gasteiger partial charge >= 0.3 is 11.9 Å². The molecule has 0 saturated carbocycles. The average molecular weight is 448 g/mol. The van der Waals surface area contributed by atoms with Gasteiger partial charge in [0, 0.05) is 23.8 Å². The molecule has 0 radical (unpaired) electrons. The Labute approximate surface area is 184 Å². The lowest BCUT2D eigenvalue weighted by atomic mass is 9.94. The smallest absolute Gasteiger partial charge is 0.352 e. The molecule has 1 aromatic carbocycles. The fraction of sp³-hybridized carbons (Fsp3) is 0.429. The molecule has 1 aromatic rings. The van der Waals surface area contributed by atoms with Gasteiger partial charge in [-0.25, -0.2) is 4.79 Å². The zero-order valence-electron chi connectivity index (χ0n) is 17.5. The molecule has 0 aromatic heterocycles. The molecule has 1 saturated heterocycles. The Morgan fingerprint density at radius 2 is 1.94 bits per heavy atom. The number of hydrogen-bond donors (Lipinski definition) is 3. The zero-order valence-corrected chi connectivity index (χ0v) is 18.3. The van der Waals surface area contributed by atoms with Gasteiger partial charge < -0.3 is 20.9 Å². The molecule has 0 spiro atoms. The van der Waals surface area contributed by atoms with Crippen LogP contribution in [0.1, 0.15) is 31.9 Å². The number of amides is 2. The van der Waals surface area contributed by atoms with Gasteiger partial charge in [-0.15, -0.1) is 11.8 Å². The predicted octanol–water partition coefficient (Wildman–Crippen LogP) is 0.725. The maximum absolute atomic E-state index is 12.6. The number of carboxylic acids is 1. The maximum Gasteiger partial charge on any atom is 0.352 e. The molecule has 0 bridgehead atoms. The molecule has 4 N–H and O–H groups in total. The molecule has 3 rings (SSSR count). The molecule has 0 aliphatic carbocycles. The summed E-state index contributed by atoms with van der Waals surface area (Å²) >= 11 is 1.32. The normalized spacial score (nSPS) is 20.6. The Morgan fingerprint density at radius 1 is 1.29 bits per heavy atom. The summed E-state index contributed by atoms with van der Waals surface area (Å²) in [5.74, 6) is -2.35. The number of thioether (sulfide) groups is 1. The number of ether oxygens (including phenoxy) is 1. The minimum absolute atomic E-state index is 0.0891. The second kappa shape index (κ2) is 8.72. The second-order valence-electron chi connectivity index (χ2n) is 8.09. The van der Waals surface area contributed by atoms with Crippen molar-refractivity contribution in [3.63, 3.8) is 0 Å². The van der Waals surface area contributed by atoms with Crippen LogP contribution in [0.15, 0.2) is 35.5 Å². The van der Waals surface area contributed by atoms with E-state index >= 15 is 0 Å². The lowest BCUT2D eigenvalue weighted by molar-refractivity contribution is -0.151. The lowest BCUT2D eigenvalue weighted by Gasteiger charge is -2.49. The van der Waals surface area contributed by atoms with E-state index in [1.807, 2.05) is 38.1 Å². The van der Waals surface area contributed by atoms with Gasteiger partial charge in [-0.3, -0.25) is 19.3 Å². The van der Waals surface area contributed by atoms with Gasteiger partial charge in [0.2, 0.25) is 5.91 Å². The molecule has 31 heavy (non-hydrogen) atoms. The van der Waals surface area contributed by atoms with Gasteiger partial charge in [0.1, 0.15) is 23.7 Å². The molecule has 1 fully saturated rings. The van der Waals surface area contributed by atoms with Crippen molar-refractivity contribution in [2.24, 2.45) is 5.73 Å². The minimum atomic E-state index is -1.27. The van der Waals surface area contributed by atoms with Crippen molar-refractivity contribution in [2.45, 2.75) is 44.1 Å². The van der Waals surface area contributed by atoms with Crippen LogP contribution in [0.5, 0.6) is 0 Å². The van der Waals surface area contributed by atoms with Crippen LogP contribution in [-0.2, 0) is 35.9 Å². The molecule has 2 amide bonds. The van der Waals surface area contributed by atoms with E-state index in [1.165, 1.54) is 18.7 Å². The van der Waals surface area contributed by atoms with E-state index in [-0.39, 0.29) is 30.4 Å². The molecule has 2 heterocycles. The molecule has 2 aliphatic rings. The van der Waals surface area contributed by atoms with Crippen LogP contribution in [0.25, 0.3) is 0 Å². The third-order valence-corrected chi connectivity index (χ3v) is 6.42. The van der Waals surface area contributed by atoms with Crippen LogP contribution < -0.4 is 11.1 Å². The highest BCUT2D eigenvalue weighted by Crippen LogP contribution is 2.40. The number of nitrogens with zero attached hydrogens (tertiary/aromatic N) is 1. The summed E-state index contributed by atoms with van der Waals surface area (Å²) < 4.78 is 4.90. The first-order valence-corrected chi connectivity index (χ1v) is 10.7. The number of fused-ring (bicyclic) bond motifs is 1. The van der Waals surface area contributed by atoms with E-state index < -0.39 is 34.8 Å². The van der Waals surface area contributed by atoms with E-state index in [4.69, 9.17) is 10.5 Å². The molecule has 9 nitrogen and oxygen atoms in total. The third-order valence-electron chi connectivity index (χ3n) is 5.08. The highest BCUT2D eigenvalue weighted by molar-refractivity contribution is 8.00. The summed E-state index contributed by atoms with van der Waals surface area (Å²) in [6.45, 7) is 4.82. The number of carboxylic acid groups (broad SMARTS) is 1. The summed E-state index contributed by atoms with van der Waals surface area (Å²) in [5.41, 5.74) is 7.47. The van der Waals surface area contributed by atoms with Crippen LogP contribution in [0, 0.1) is 0 Å². The number of nitrogens with two attached hydrogens (primary N) is 1. The first-order valence-electron chi connectivity index (χ1n) is 9.70. The fourth-order valence-corrected chi connectivity index (χ4v) is 4.77. The first-order chi connectivity index (χ1) is 14.5. The lowest BCUT2D eigenvalue weighted by Crippen LogP contribution is -2.70. The van der Waals surface area contributed by atoms with Crippen LogP contribution in [0.4, 0.5) is 0 Å². The topological polar surface area (TPSA) is 139 Å². The van der Waals surface area contributed by atoms with Crippen LogP contribution >= 0.6 is 11.8 Å². The SMILES string of the molecule is CC(=O)OCC1=C(C(=O)O)N2C(=O)[C@@H](NC(=O)Cc3ccc(C(C)(C)N)cc3)[C@H]2SC1. The zero-order chi connectivity index (χ0) is 22.9. The van der Waals surface area contributed by atoms with E-state index in [0.717, 1.165) is 16.0 Å². The number of carbonyl (C=O) groups is 4. The van der Waals surface area contributed by atoms with Gasteiger partial charge in [-0.1, -0.05) is 24.3 Å². The Kier molecular flexibility index (Phi) is 6.42. The minimum Gasteiger partial charge on any atom is -0.477 e. The first kappa shape index (κ1) is 22.8. The number of nitrogens with one attached hydrogen (secondary N) is 1. The van der Waals surface area contributed by atoms with Crippen molar-refractivity contribution in [1.29, 1.82) is 0 Å². The Balaban J connectivity index is 1.65. The fourth-order valence-electron chi connectivity index (χ4n) is 3.45. The van der Waals surface area contributed by atoms with Crippen molar-refractivity contribution in [3.8, 4) is 0 Å². The molecule has 2 aliphatic heterocycles. The Bertz CT molecular complexity index is 951. The van der Waals surface area contributed by atoms with E-state index in [2.05, 4.69) is 5.32 Å². The third kappa shape index (κ3) is 4.91. The molecule has 2 atom stereocenters. The molecule has 166 valence electrons. The van der Waals surface area contributed by atoms with Gasteiger partial charge in [0.15, 0.2) is 0 Å². The average Bonchev–Trinajstić information content (AvgIpc) is 2.69. The standard InChI is InChI=1S/C21H25N3O6S/c1-11(25)30-9-13-10-31-19-16(18(27)24(19)17(13)20(28)29)23-15(26)8-12-4-6-14(7-5-12)21(2,3)22/h4-7,16,19H,8-10,22H2,1-3H3,(H,23,26)(H,28,29)/t16-,19-/m1/s1. The van der Waals surface area contributed by atoms with Crippen molar-refractivity contribution < 1.29 is 29.0 Å². The number of benzene rings is 1. The van der Waals surface area contributed by atoms with Gasteiger partial charge in [0.05, 0.1) is 6.42 Å². The number of carbonyl (C=O) groups excluding carboxylic acids is 3. The highest BCUT2D eigenvalue weighted by Gasteiger charge is 2.54. The number of aliphatic carboxylic acids is 1. The number of rotatable bonds is 7. The van der Waals surface area contributed by atoms with E-state index in [0.29, 0.717) is 5.57 Å². The number of β-lactam (4-membered cyclic amide) rings is 1. The van der Waals surface area contributed by atoms with Crippen molar-refractivity contribution in [3.05, 3.63) is 46.7 Å². The quantitative estimate of drug-likeness (QED) is 0.411. The van der Waals surface area contributed by atoms with Gasteiger partial charge in [-0.2, -0.15) is 0 Å². The highest BCUT2D eigenvalue weighted by atomic mass is 32.2. The van der Waals surface area contributed by atoms with Crippen molar-refractivity contribution >= 4 is 35.5 Å². The monoisotopic (exact) mass is 447 g/mol. The summed E-state index contributed by atoms with van der Waals surface area (Å²) in [6.07, 6.45) is 0.0891. The number of esters is 1. The summed E-state index contributed by atoms with van der Waals surface area (Å²) in [7, 11) is 0. The summed E-state index contributed by atoms with van der Waals surface area (Å²) in [4.78, 5) is 49.0. The van der Waals surface area contributed by atoms with E-state index in [9.17, 15) is 24.3 Å². The largest absolute Gasteiger partial charge is 0.477 e. The Hall–Kier alpha value is -2.85. The van der Waals surface area contributed by atoms with Gasteiger partial charge in [-0.05, 0) is 25.0 Å². The summed E-state index contributed by atoms with van der Waals surface area (Å²) in [6, 6.07) is 6.57.